The van der Waals surface area contributed by atoms with Crippen molar-refractivity contribution in [3.63, 3.8) is 0 Å². The van der Waals surface area contributed by atoms with Crippen molar-refractivity contribution in [2.75, 3.05) is 13.8 Å². The lowest BCUT2D eigenvalue weighted by Gasteiger charge is -2.17. The van der Waals surface area contributed by atoms with E-state index in [9.17, 15) is 4.79 Å². The lowest BCUT2D eigenvalue weighted by atomic mass is 10.2. The number of aryl methyl sites for hydroxylation is 1. The van der Waals surface area contributed by atoms with Crippen molar-refractivity contribution in [1.82, 2.24) is 9.88 Å². The zero-order chi connectivity index (χ0) is 17.2. The predicted molar refractivity (Wildman–Crippen MR) is 91.4 cm³/mol. The summed E-state index contributed by atoms with van der Waals surface area (Å²) >= 11 is 0. The average Bonchev–Trinajstić information content (AvgIpc) is 3.25. The summed E-state index contributed by atoms with van der Waals surface area (Å²) in [5, 5.41) is 0. The molecule has 0 bridgehead atoms. The second kappa shape index (κ2) is 6.47. The predicted octanol–water partition coefficient (Wildman–Crippen LogP) is 3.15. The van der Waals surface area contributed by atoms with Crippen molar-refractivity contribution in [1.29, 1.82) is 0 Å². The van der Waals surface area contributed by atoms with Gasteiger partial charge in [-0.25, -0.2) is 4.98 Å². The van der Waals surface area contributed by atoms with Crippen LogP contribution in [0.3, 0.4) is 0 Å². The number of carbonyl (C=O) groups is 1. The van der Waals surface area contributed by atoms with Crippen LogP contribution >= 0.6 is 0 Å². The van der Waals surface area contributed by atoms with Crippen molar-refractivity contribution in [3.05, 3.63) is 53.9 Å². The number of fused-ring (bicyclic) bond motifs is 2. The number of aromatic nitrogens is 1. The summed E-state index contributed by atoms with van der Waals surface area (Å²) in [7, 11) is 1.79. The van der Waals surface area contributed by atoms with E-state index in [1.165, 1.54) is 0 Å². The molecule has 0 N–H and O–H groups in total. The third kappa shape index (κ3) is 3.28. The normalized spacial score (nSPS) is 12.5. The van der Waals surface area contributed by atoms with Gasteiger partial charge in [-0.1, -0.05) is 18.2 Å². The number of carbonyl (C=O) groups excluding carboxylic acids is 1. The smallest absolute Gasteiger partial charge is 0.231 e. The van der Waals surface area contributed by atoms with E-state index in [1.807, 2.05) is 42.5 Å². The molecule has 0 aliphatic carbocycles. The first kappa shape index (κ1) is 15.5. The molecule has 0 radical (unpaired) electrons. The number of benzene rings is 2. The molecular weight excluding hydrogens is 320 g/mol. The van der Waals surface area contributed by atoms with Crippen LogP contribution in [0.5, 0.6) is 11.5 Å². The molecule has 0 atom stereocenters. The minimum atomic E-state index is 0.0416. The number of oxazole rings is 1. The summed E-state index contributed by atoms with van der Waals surface area (Å²) in [6.45, 7) is 0.765. The number of nitrogens with zero attached hydrogens (tertiary/aromatic N) is 2. The SMILES string of the molecule is CN(Cc1ccc2c(c1)OCO2)C(=O)CCc1nc2ccccc2o1. The van der Waals surface area contributed by atoms with E-state index in [0.717, 1.165) is 28.2 Å². The highest BCUT2D eigenvalue weighted by atomic mass is 16.7. The first-order valence-electron chi connectivity index (χ1n) is 8.16. The Hall–Kier alpha value is -3.02. The molecule has 6 nitrogen and oxygen atoms in total. The van der Waals surface area contributed by atoms with Crippen LogP contribution in [-0.4, -0.2) is 29.6 Å². The Morgan fingerprint density at radius 2 is 2.00 bits per heavy atom. The number of hydrogen-bond acceptors (Lipinski definition) is 5. The molecule has 25 heavy (non-hydrogen) atoms. The maximum Gasteiger partial charge on any atom is 0.231 e. The first-order valence-corrected chi connectivity index (χ1v) is 8.16. The summed E-state index contributed by atoms with van der Waals surface area (Å²) in [4.78, 5) is 18.5. The van der Waals surface area contributed by atoms with E-state index in [-0.39, 0.29) is 12.7 Å². The van der Waals surface area contributed by atoms with Crippen LogP contribution in [-0.2, 0) is 17.8 Å². The second-order valence-electron chi connectivity index (χ2n) is 6.01. The summed E-state index contributed by atoms with van der Waals surface area (Å²) in [6.07, 6.45) is 0.840. The molecule has 0 saturated carbocycles. The Kier molecular flexibility index (Phi) is 4.01. The van der Waals surface area contributed by atoms with Crippen molar-refractivity contribution < 1.29 is 18.7 Å². The van der Waals surface area contributed by atoms with Crippen LogP contribution in [0.15, 0.2) is 46.9 Å². The Morgan fingerprint density at radius 1 is 1.16 bits per heavy atom. The first-order chi connectivity index (χ1) is 12.2. The molecule has 0 saturated heterocycles. The van der Waals surface area contributed by atoms with Crippen LogP contribution in [0, 0.1) is 0 Å². The molecule has 0 fully saturated rings. The van der Waals surface area contributed by atoms with E-state index in [0.29, 0.717) is 25.3 Å². The molecule has 4 rings (SSSR count). The number of amides is 1. The molecule has 2 aromatic carbocycles. The van der Waals surface area contributed by atoms with Gasteiger partial charge in [0.2, 0.25) is 12.7 Å². The Morgan fingerprint density at radius 3 is 2.88 bits per heavy atom. The largest absolute Gasteiger partial charge is 0.454 e. The fourth-order valence-electron chi connectivity index (χ4n) is 2.83. The maximum atomic E-state index is 12.4. The number of hydrogen-bond donors (Lipinski definition) is 0. The van der Waals surface area contributed by atoms with Gasteiger partial charge in [0.05, 0.1) is 0 Å². The van der Waals surface area contributed by atoms with Crippen molar-refractivity contribution in [2.24, 2.45) is 0 Å². The molecule has 2 heterocycles. The average molecular weight is 338 g/mol. The van der Waals surface area contributed by atoms with Gasteiger partial charge in [-0.3, -0.25) is 4.79 Å². The molecular formula is C19H18N2O4. The summed E-state index contributed by atoms with van der Waals surface area (Å²) in [5.41, 5.74) is 2.57. The second-order valence-corrected chi connectivity index (χ2v) is 6.01. The van der Waals surface area contributed by atoms with Gasteiger partial charge in [-0.15, -0.1) is 0 Å². The molecule has 1 aliphatic heterocycles. The van der Waals surface area contributed by atoms with Crippen LogP contribution in [0.4, 0.5) is 0 Å². The van der Waals surface area contributed by atoms with Crippen LogP contribution in [0.25, 0.3) is 11.1 Å². The summed E-state index contributed by atoms with van der Waals surface area (Å²) in [6, 6.07) is 13.3. The zero-order valence-corrected chi connectivity index (χ0v) is 13.9. The van der Waals surface area contributed by atoms with Crippen molar-refractivity contribution >= 4 is 17.0 Å². The highest BCUT2D eigenvalue weighted by Gasteiger charge is 2.16. The number of rotatable bonds is 5. The van der Waals surface area contributed by atoms with Gasteiger partial charge < -0.3 is 18.8 Å². The van der Waals surface area contributed by atoms with Crippen LogP contribution in [0.1, 0.15) is 17.9 Å². The quantitative estimate of drug-likeness (QED) is 0.715. The Balaban J connectivity index is 1.35. The van der Waals surface area contributed by atoms with Gasteiger partial charge >= 0.3 is 0 Å². The molecule has 1 aliphatic rings. The molecule has 1 aromatic heterocycles. The summed E-state index contributed by atoms with van der Waals surface area (Å²) in [5.74, 6) is 2.10. The monoisotopic (exact) mass is 338 g/mol. The fourth-order valence-corrected chi connectivity index (χ4v) is 2.83. The molecule has 1 amide bonds. The third-order valence-electron chi connectivity index (χ3n) is 4.17. The molecule has 0 spiro atoms. The van der Waals surface area contributed by atoms with Gasteiger partial charge in [-0.2, -0.15) is 0 Å². The lowest BCUT2D eigenvalue weighted by molar-refractivity contribution is -0.130. The number of ether oxygens (including phenoxy) is 2. The van der Waals surface area contributed by atoms with Crippen molar-refractivity contribution in [3.8, 4) is 11.5 Å². The van der Waals surface area contributed by atoms with E-state index >= 15 is 0 Å². The fraction of sp³-hybridized carbons (Fsp3) is 0.263. The topological polar surface area (TPSA) is 64.8 Å². The Labute approximate surface area is 145 Å². The minimum Gasteiger partial charge on any atom is -0.454 e. The lowest BCUT2D eigenvalue weighted by Crippen LogP contribution is -2.26. The molecule has 128 valence electrons. The highest BCUT2D eigenvalue weighted by Crippen LogP contribution is 2.32. The molecule has 6 heteroatoms. The van der Waals surface area contributed by atoms with Gasteiger partial charge in [0, 0.05) is 26.4 Å². The van der Waals surface area contributed by atoms with Crippen LogP contribution in [0.2, 0.25) is 0 Å². The van der Waals surface area contributed by atoms with Crippen LogP contribution < -0.4 is 9.47 Å². The van der Waals surface area contributed by atoms with Gasteiger partial charge in [0.15, 0.2) is 23.0 Å². The zero-order valence-electron chi connectivity index (χ0n) is 13.9. The Bertz CT molecular complexity index is 886. The standard InChI is InChI=1S/C19H18N2O4/c1-21(11-13-6-7-16-17(10-13)24-12-23-16)19(22)9-8-18-20-14-4-2-3-5-15(14)25-18/h2-7,10H,8-9,11-12H2,1H3. The van der Waals surface area contributed by atoms with E-state index < -0.39 is 0 Å². The van der Waals surface area contributed by atoms with E-state index in [2.05, 4.69) is 4.98 Å². The van der Waals surface area contributed by atoms with E-state index in [1.54, 1.807) is 11.9 Å². The van der Waals surface area contributed by atoms with Gasteiger partial charge in [0.1, 0.15) is 5.52 Å². The van der Waals surface area contributed by atoms with Crippen molar-refractivity contribution in [2.45, 2.75) is 19.4 Å². The van der Waals surface area contributed by atoms with Gasteiger partial charge in [0.25, 0.3) is 0 Å². The van der Waals surface area contributed by atoms with E-state index in [4.69, 9.17) is 13.9 Å². The molecule has 3 aromatic rings. The molecule has 0 unspecified atom stereocenters. The summed E-state index contributed by atoms with van der Waals surface area (Å²) < 4.78 is 16.3. The minimum absolute atomic E-state index is 0.0416. The number of para-hydroxylation sites is 2. The third-order valence-corrected chi connectivity index (χ3v) is 4.17. The maximum absolute atomic E-state index is 12.4. The highest BCUT2D eigenvalue weighted by molar-refractivity contribution is 5.76. The van der Waals surface area contributed by atoms with Gasteiger partial charge in [-0.05, 0) is 29.8 Å².